The minimum absolute atomic E-state index is 0.0110. The van der Waals surface area contributed by atoms with Gasteiger partial charge >= 0.3 is 5.97 Å². The number of ether oxygens (including phenoxy) is 1. The van der Waals surface area contributed by atoms with Gasteiger partial charge in [0.25, 0.3) is 0 Å². The number of benzene rings is 1. The van der Waals surface area contributed by atoms with Crippen LogP contribution in [0.1, 0.15) is 17.8 Å². The van der Waals surface area contributed by atoms with Crippen molar-refractivity contribution in [2.24, 2.45) is 0 Å². The van der Waals surface area contributed by atoms with Crippen LogP contribution in [-0.2, 0) is 27.3 Å². The SMILES string of the molecule is COC(=O)Cc1nc(NC(=O)C2CCN2Cc2ccccc2)n[nH]1. The predicted octanol–water partition coefficient (Wildman–Crippen LogP) is 0.733. The van der Waals surface area contributed by atoms with Crippen molar-refractivity contribution in [1.82, 2.24) is 20.1 Å². The molecule has 1 aliphatic rings. The molecule has 2 heterocycles. The minimum atomic E-state index is -0.419. The molecular weight excluding hydrogens is 310 g/mol. The van der Waals surface area contributed by atoms with E-state index in [2.05, 4.69) is 30.1 Å². The summed E-state index contributed by atoms with van der Waals surface area (Å²) in [5, 5.41) is 9.20. The number of aromatic nitrogens is 3. The van der Waals surface area contributed by atoms with Crippen molar-refractivity contribution in [2.45, 2.75) is 25.4 Å². The summed E-state index contributed by atoms with van der Waals surface area (Å²) in [4.78, 5) is 29.7. The topological polar surface area (TPSA) is 100 Å². The largest absolute Gasteiger partial charge is 0.469 e. The second kappa shape index (κ2) is 7.22. The van der Waals surface area contributed by atoms with Crippen LogP contribution in [-0.4, -0.2) is 51.7 Å². The first-order chi connectivity index (χ1) is 11.7. The van der Waals surface area contributed by atoms with Crippen LogP contribution in [0.15, 0.2) is 30.3 Å². The average Bonchev–Trinajstić information content (AvgIpc) is 2.99. The Morgan fingerprint density at radius 3 is 2.83 bits per heavy atom. The van der Waals surface area contributed by atoms with Gasteiger partial charge in [-0.3, -0.25) is 24.9 Å². The molecule has 8 heteroatoms. The second-order valence-electron chi connectivity index (χ2n) is 5.61. The Labute approximate surface area is 139 Å². The lowest BCUT2D eigenvalue weighted by atomic mass is 10.0. The molecule has 1 aromatic carbocycles. The first-order valence-electron chi connectivity index (χ1n) is 7.72. The van der Waals surface area contributed by atoms with Crippen LogP contribution in [0.5, 0.6) is 0 Å². The zero-order valence-corrected chi connectivity index (χ0v) is 13.4. The summed E-state index contributed by atoms with van der Waals surface area (Å²) in [5.41, 5.74) is 1.17. The molecule has 126 valence electrons. The molecule has 1 aromatic heterocycles. The number of amides is 1. The zero-order valence-electron chi connectivity index (χ0n) is 13.4. The fraction of sp³-hybridized carbons (Fsp3) is 0.375. The van der Waals surface area contributed by atoms with Crippen molar-refractivity contribution >= 4 is 17.8 Å². The van der Waals surface area contributed by atoms with Crippen LogP contribution in [0.25, 0.3) is 0 Å². The number of carbonyl (C=O) groups is 2. The summed E-state index contributed by atoms with van der Waals surface area (Å²) < 4.78 is 4.56. The molecule has 1 saturated heterocycles. The molecule has 3 rings (SSSR count). The van der Waals surface area contributed by atoms with Gasteiger partial charge < -0.3 is 4.74 Å². The Hall–Kier alpha value is -2.74. The maximum absolute atomic E-state index is 12.3. The van der Waals surface area contributed by atoms with Crippen LogP contribution < -0.4 is 5.32 Å². The van der Waals surface area contributed by atoms with E-state index < -0.39 is 5.97 Å². The average molecular weight is 329 g/mol. The summed E-state index contributed by atoms with van der Waals surface area (Å²) in [6.45, 7) is 1.62. The van der Waals surface area contributed by atoms with Gasteiger partial charge in [0, 0.05) is 13.1 Å². The van der Waals surface area contributed by atoms with E-state index >= 15 is 0 Å². The monoisotopic (exact) mass is 329 g/mol. The highest BCUT2D eigenvalue weighted by Crippen LogP contribution is 2.21. The van der Waals surface area contributed by atoms with Crippen LogP contribution in [0.3, 0.4) is 0 Å². The lowest BCUT2D eigenvalue weighted by molar-refractivity contribution is -0.139. The highest BCUT2D eigenvalue weighted by atomic mass is 16.5. The maximum atomic E-state index is 12.3. The fourth-order valence-corrected chi connectivity index (χ4v) is 2.58. The van der Waals surface area contributed by atoms with Gasteiger partial charge in [0.1, 0.15) is 12.2 Å². The van der Waals surface area contributed by atoms with Crippen LogP contribution in [0, 0.1) is 0 Å². The number of likely N-dealkylation sites (tertiary alicyclic amines) is 1. The van der Waals surface area contributed by atoms with E-state index in [1.165, 1.54) is 12.7 Å². The van der Waals surface area contributed by atoms with Gasteiger partial charge in [-0.25, -0.2) is 0 Å². The number of hydrogen-bond acceptors (Lipinski definition) is 6. The Balaban J connectivity index is 1.54. The molecule has 1 fully saturated rings. The van der Waals surface area contributed by atoms with Crippen molar-refractivity contribution in [3.8, 4) is 0 Å². The highest BCUT2D eigenvalue weighted by molar-refractivity contribution is 5.94. The van der Waals surface area contributed by atoms with Crippen LogP contribution in [0.4, 0.5) is 5.95 Å². The van der Waals surface area contributed by atoms with Crippen LogP contribution >= 0.6 is 0 Å². The van der Waals surface area contributed by atoms with Crippen molar-refractivity contribution in [1.29, 1.82) is 0 Å². The molecule has 0 saturated carbocycles. The minimum Gasteiger partial charge on any atom is -0.469 e. The van der Waals surface area contributed by atoms with Crippen molar-refractivity contribution < 1.29 is 14.3 Å². The summed E-state index contributed by atoms with van der Waals surface area (Å²) in [6.07, 6.45) is 0.793. The Bertz CT molecular complexity index is 716. The van der Waals surface area contributed by atoms with E-state index in [1.54, 1.807) is 0 Å². The van der Waals surface area contributed by atoms with Gasteiger partial charge in [-0.05, 0) is 12.0 Å². The number of hydrogen-bond donors (Lipinski definition) is 2. The number of nitrogens with one attached hydrogen (secondary N) is 2. The first-order valence-corrected chi connectivity index (χ1v) is 7.72. The standard InChI is InChI=1S/C16H19N5O3/c1-24-14(22)9-13-17-16(20-19-13)18-15(23)12-7-8-21(12)10-11-5-3-2-4-6-11/h2-6,12H,7-10H2,1H3,(H2,17,18,19,20,23). The Morgan fingerprint density at radius 1 is 1.38 bits per heavy atom. The molecule has 1 amide bonds. The normalized spacial score (nSPS) is 17.1. The Kier molecular flexibility index (Phi) is 4.85. The fourth-order valence-electron chi connectivity index (χ4n) is 2.58. The summed E-state index contributed by atoms with van der Waals surface area (Å²) >= 11 is 0. The predicted molar refractivity (Wildman–Crippen MR) is 86.0 cm³/mol. The number of aromatic amines is 1. The maximum Gasteiger partial charge on any atom is 0.313 e. The third-order valence-corrected chi connectivity index (χ3v) is 3.97. The lowest BCUT2D eigenvalue weighted by Crippen LogP contribution is -2.53. The molecular formula is C16H19N5O3. The highest BCUT2D eigenvalue weighted by Gasteiger charge is 2.34. The van der Waals surface area contributed by atoms with Crippen LogP contribution in [0.2, 0.25) is 0 Å². The number of anilines is 1. The van der Waals surface area contributed by atoms with E-state index in [0.717, 1.165) is 19.5 Å². The molecule has 24 heavy (non-hydrogen) atoms. The number of carbonyl (C=O) groups excluding carboxylic acids is 2. The molecule has 0 bridgehead atoms. The van der Waals surface area contributed by atoms with Gasteiger partial charge in [0.05, 0.1) is 13.2 Å². The van der Waals surface area contributed by atoms with Crippen molar-refractivity contribution in [3.63, 3.8) is 0 Å². The summed E-state index contributed by atoms with van der Waals surface area (Å²) in [5.74, 6) is -0.0322. The Morgan fingerprint density at radius 2 is 2.17 bits per heavy atom. The third kappa shape index (κ3) is 3.77. The molecule has 2 N–H and O–H groups in total. The van der Waals surface area contributed by atoms with Gasteiger partial charge in [0.2, 0.25) is 11.9 Å². The number of methoxy groups -OCH3 is 1. The van der Waals surface area contributed by atoms with Gasteiger partial charge in [-0.1, -0.05) is 30.3 Å². The van der Waals surface area contributed by atoms with Gasteiger partial charge in [-0.15, -0.1) is 5.10 Å². The molecule has 1 unspecified atom stereocenters. The number of nitrogens with zero attached hydrogens (tertiary/aromatic N) is 3. The van der Waals surface area contributed by atoms with Gasteiger partial charge in [0.15, 0.2) is 0 Å². The quantitative estimate of drug-likeness (QED) is 0.758. The zero-order chi connectivity index (χ0) is 16.9. The first kappa shape index (κ1) is 16.1. The number of H-pyrrole nitrogens is 1. The van der Waals surface area contributed by atoms with Gasteiger partial charge in [-0.2, -0.15) is 4.98 Å². The van der Waals surface area contributed by atoms with E-state index in [9.17, 15) is 9.59 Å². The lowest BCUT2D eigenvalue weighted by Gasteiger charge is -2.39. The second-order valence-corrected chi connectivity index (χ2v) is 5.61. The van der Waals surface area contributed by atoms with E-state index in [0.29, 0.717) is 5.82 Å². The molecule has 1 aliphatic heterocycles. The molecule has 0 spiro atoms. The van der Waals surface area contributed by atoms with E-state index in [-0.39, 0.29) is 24.3 Å². The molecule has 1 atom stereocenters. The molecule has 8 nitrogen and oxygen atoms in total. The molecule has 2 aromatic rings. The number of rotatable bonds is 6. The number of esters is 1. The third-order valence-electron chi connectivity index (χ3n) is 3.97. The summed E-state index contributed by atoms with van der Waals surface area (Å²) in [6, 6.07) is 9.84. The molecule has 0 aliphatic carbocycles. The van der Waals surface area contributed by atoms with E-state index in [4.69, 9.17) is 0 Å². The van der Waals surface area contributed by atoms with Crippen molar-refractivity contribution in [2.75, 3.05) is 19.0 Å². The summed E-state index contributed by atoms with van der Waals surface area (Å²) in [7, 11) is 1.30. The molecule has 0 radical (unpaired) electrons. The van der Waals surface area contributed by atoms with E-state index in [1.807, 2.05) is 30.3 Å². The van der Waals surface area contributed by atoms with Crippen molar-refractivity contribution in [3.05, 3.63) is 41.7 Å². The smallest absolute Gasteiger partial charge is 0.313 e.